The van der Waals surface area contributed by atoms with Crippen LogP contribution in [-0.4, -0.2) is 22.2 Å². The van der Waals surface area contributed by atoms with Crippen molar-refractivity contribution >= 4 is 11.9 Å². The van der Waals surface area contributed by atoms with Crippen molar-refractivity contribution in [3.8, 4) is 0 Å². The summed E-state index contributed by atoms with van der Waals surface area (Å²) < 4.78 is 0. The minimum absolute atomic E-state index is 0.833. The third kappa shape index (κ3) is 44.0. The van der Waals surface area contributed by atoms with Gasteiger partial charge in [-0.1, -0.05) is 78.4 Å². The van der Waals surface area contributed by atoms with Gasteiger partial charge in [0.2, 0.25) is 0 Å². The number of unbranched alkanes of at least 4 members (excludes halogenated alkanes) is 7. The van der Waals surface area contributed by atoms with Crippen molar-refractivity contribution in [2.45, 2.75) is 65.2 Å². The van der Waals surface area contributed by atoms with Gasteiger partial charge in [0.1, 0.15) is 0 Å². The number of hydrogen-bond donors (Lipinski definition) is 2. The molecule has 0 heterocycles. The molecule has 4 nitrogen and oxygen atoms in total. The summed E-state index contributed by atoms with van der Waals surface area (Å²) in [6, 6.07) is 0. The fourth-order valence-electron chi connectivity index (χ4n) is 1.21. The van der Waals surface area contributed by atoms with E-state index in [2.05, 4.69) is 27.0 Å². The maximum absolute atomic E-state index is 9.25. The smallest absolute Gasteiger partial charge is 0.327 e. The maximum atomic E-state index is 9.25. The van der Waals surface area contributed by atoms with Crippen molar-refractivity contribution in [2.24, 2.45) is 0 Å². The predicted octanol–water partition coefficient (Wildman–Crippen LogP) is 4.66. The van der Waals surface area contributed by atoms with E-state index in [0.717, 1.165) is 12.2 Å². The fourth-order valence-corrected chi connectivity index (χ4v) is 1.21. The molecule has 0 amide bonds. The van der Waals surface area contributed by atoms with Crippen molar-refractivity contribution in [3.05, 3.63) is 25.3 Å². The van der Waals surface area contributed by atoms with Crippen LogP contribution in [-0.2, 0) is 9.59 Å². The normalized spacial score (nSPS) is 8.30. The Balaban J connectivity index is -0.000000244. The Morgan fingerprint density at radius 2 is 0.950 bits per heavy atom. The first kappa shape index (κ1) is 23.5. The molecule has 0 aromatic rings. The molecule has 0 saturated heterocycles. The van der Waals surface area contributed by atoms with Crippen molar-refractivity contribution < 1.29 is 19.8 Å². The second kappa shape index (κ2) is 22.6. The summed E-state index contributed by atoms with van der Waals surface area (Å²) in [6.45, 7) is 10.5. The molecule has 0 aliphatic rings. The van der Waals surface area contributed by atoms with Gasteiger partial charge in [-0.3, -0.25) is 0 Å². The molecule has 118 valence electrons. The Labute approximate surface area is 123 Å². The number of carboxylic acids is 2. The topological polar surface area (TPSA) is 74.6 Å². The summed E-state index contributed by atoms with van der Waals surface area (Å²) in [5.41, 5.74) is 0. The standard InChI is InChI=1S/C10H22.2C3H4O2/c1-3-5-7-9-10-8-6-4-2;2*1-2-3(4)5/h3-10H2,1-2H3;2*2H,1H2,(H,4,5). The Hall–Kier alpha value is -1.58. The van der Waals surface area contributed by atoms with Gasteiger partial charge in [-0.05, 0) is 0 Å². The molecule has 0 aliphatic carbocycles. The lowest BCUT2D eigenvalue weighted by Gasteiger charge is -1.97. The zero-order valence-electron chi connectivity index (χ0n) is 12.9. The molecule has 0 fully saturated rings. The molecule has 0 bridgehead atoms. The average molecular weight is 286 g/mol. The zero-order chi connectivity index (χ0) is 16.2. The molecule has 0 atom stereocenters. The summed E-state index contributed by atoms with van der Waals surface area (Å²) >= 11 is 0. The average Bonchev–Trinajstić information content (AvgIpc) is 2.44. The largest absolute Gasteiger partial charge is 0.478 e. The lowest BCUT2D eigenvalue weighted by atomic mass is 10.1. The second-order valence-corrected chi connectivity index (χ2v) is 4.21. The summed E-state index contributed by atoms with van der Waals surface area (Å²) in [5, 5.41) is 15.2. The number of aliphatic carboxylic acids is 2. The molecular formula is C16H30O4. The van der Waals surface area contributed by atoms with E-state index in [-0.39, 0.29) is 0 Å². The highest BCUT2D eigenvalue weighted by Gasteiger charge is 1.87. The molecule has 0 radical (unpaired) electrons. The van der Waals surface area contributed by atoms with Crippen molar-refractivity contribution in [2.75, 3.05) is 0 Å². The van der Waals surface area contributed by atoms with E-state index in [9.17, 15) is 9.59 Å². The van der Waals surface area contributed by atoms with Gasteiger partial charge >= 0.3 is 11.9 Å². The zero-order valence-corrected chi connectivity index (χ0v) is 12.9. The maximum Gasteiger partial charge on any atom is 0.327 e. The molecule has 20 heavy (non-hydrogen) atoms. The van der Waals surface area contributed by atoms with E-state index in [1.54, 1.807) is 0 Å². The molecule has 0 rings (SSSR count). The Morgan fingerprint density at radius 3 is 1.10 bits per heavy atom. The molecule has 2 N–H and O–H groups in total. The number of carbonyl (C=O) groups is 2. The van der Waals surface area contributed by atoms with Gasteiger partial charge in [0, 0.05) is 12.2 Å². The second-order valence-electron chi connectivity index (χ2n) is 4.21. The van der Waals surface area contributed by atoms with Crippen LogP contribution in [0, 0.1) is 0 Å². The highest BCUT2D eigenvalue weighted by molar-refractivity contribution is 5.79. The molecule has 0 saturated carbocycles. The van der Waals surface area contributed by atoms with E-state index in [4.69, 9.17) is 10.2 Å². The van der Waals surface area contributed by atoms with E-state index >= 15 is 0 Å². The first-order valence-electron chi connectivity index (χ1n) is 7.16. The molecular weight excluding hydrogens is 256 g/mol. The lowest BCUT2D eigenvalue weighted by Crippen LogP contribution is -1.82. The van der Waals surface area contributed by atoms with Crippen molar-refractivity contribution in [3.63, 3.8) is 0 Å². The Bertz CT molecular complexity index is 221. The monoisotopic (exact) mass is 286 g/mol. The number of carboxylic acid groups (broad SMARTS) is 2. The van der Waals surface area contributed by atoms with Crippen LogP contribution >= 0.6 is 0 Å². The highest BCUT2D eigenvalue weighted by Crippen LogP contribution is 2.07. The van der Waals surface area contributed by atoms with Crippen LogP contribution in [0.25, 0.3) is 0 Å². The summed E-state index contributed by atoms with van der Waals surface area (Å²) in [5.74, 6) is -1.96. The third-order valence-electron chi connectivity index (χ3n) is 2.31. The summed E-state index contributed by atoms with van der Waals surface area (Å²) in [4.78, 5) is 18.5. The first-order valence-corrected chi connectivity index (χ1v) is 7.16. The van der Waals surface area contributed by atoms with E-state index in [0.29, 0.717) is 0 Å². The lowest BCUT2D eigenvalue weighted by molar-refractivity contribution is -0.132. The van der Waals surface area contributed by atoms with Gasteiger partial charge in [0.25, 0.3) is 0 Å². The molecule has 0 aromatic carbocycles. The van der Waals surface area contributed by atoms with Gasteiger partial charge < -0.3 is 10.2 Å². The van der Waals surface area contributed by atoms with Crippen LogP contribution in [0.2, 0.25) is 0 Å². The molecule has 0 aromatic heterocycles. The minimum Gasteiger partial charge on any atom is -0.478 e. The van der Waals surface area contributed by atoms with Gasteiger partial charge in [0.15, 0.2) is 0 Å². The number of hydrogen-bond acceptors (Lipinski definition) is 2. The molecule has 0 spiro atoms. The van der Waals surface area contributed by atoms with Gasteiger partial charge in [0.05, 0.1) is 0 Å². The summed E-state index contributed by atoms with van der Waals surface area (Å²) in [6.07, 6.45) is 13.1. The van der Waals surface area contributed by atoms with Gasteiger partial charge in [-0.2, -0.15) is 0 Å². The highest BCUT2D eigenvalue weighted by atomic mass is 16.4. The number of rotatable bonds is 9. The van der Waals surface area contributed by atoms with Crippen molar-refractivity contribution in [1.29, 1.82) is 0 Å². The van der Waals surface area contributed by atoms with Gasteiger partial charge in [-0.15, -0.1) is 0 Å². The minimum atomic E-state index is -0.981. The van der Waals surface area contributed by atoms with Crippen molar-refractivity contribution in [1.82, 2.24) is 0 Å². The van der Waals surface area contributed by atoms with Crippen LogP contribution in [0.4, 0.5) is 0 Å². The van der Waals surface area contributed by atoms with Crippen LogP contribution < -0.4 is 0 Å². The van der Waals surface area contributed by atoms with Crippen LogP contribution in [0.15, 0.2) is 25.3 Å². The van der Waals surface area contributed by atoms with E-state index in [1.165, 1.54) is 51.4 Å². The van der Waals surface area contributed by atoms with Crippen LogP contribution in [0.3, 0.4) is 0 Å². The fraction of sp³-hybridized carbons (Fsp3) is 0.625. The quantitative estimate of drug-likeness (QED) is 0.477. The third-order valence-corrected chi connectivity index (χ3v) is 2.31. The SMILES string of the molecule is C=CC(=O)O.C=CC(=O)O.CCCCCCCCCC. The molecule has 4 heteroatoms. The predicted molar refractivity (Wildman–Crippen MR) is 83.9 cm³/mol. The van der Waals surface area contributed by atoms with Crippen LogP contribution in [0.1, 0.15) is 65.2 Å². The summed E-state index contributed by atoms with van der Waals surface area (Å²) in [7, 11) is 0. The van der Waals surface area contributed by atoms with Gasteiger partial charge in [-0.25, -0.2) is 9.59 Å². The molecule has 0 aliphatic heterocycles. The van der Waals surface area contributed by atoms with E-state index in [1.807, 2.05) is 0 Å². The Kier molecular flexibility index (Phi) is 26.5. The van der Waals surface area contributed by atoms with E-state index < -0.39 is 11.9 Å². The molecule has 0 unspecified atom stereocenters. The van der Waals surface area contributed by atoms with Crippen LogP contribution in [0.5, 0.6) is 0 Å². The first-order chi connectivity index (χ1) is 9.45. The Morgan fingerprint density at radius 1 is 0.750 bits per heavy atom.